The summed E-state index contributed by atoms with van der Waals surface area (Å²) < 4.78 is 29.3. The minimum atomic E-state index is -0.532. The van der Waals surface area contributed by atoms with E-state index in [1.807, 2.05) is 73.7 Å². The molecule has 4 aromatic rings. The topological polar surface area (TPSA) is 108 Å². The standard InChI is InChI=1S/C34H40FN5O3.C5H12O.CH4O/c1-4-6-9-14-38(5-2)16-13-37-34(42)26-21-40-28-17-22-10-7-8-11-23(22)18-29(28)43-33-30(40)25(32(26)41)19-27(35)31(33)39-15-12-24(20-39)36-3;1-5(2,3)6-4;1-2/h7-8,10-11,17-19,21,24,36H,4-6,9,12-16,20H2,1-3H3,(H,37,42);1-4H3;2H,1H3. The van der Waals surface area contributed by atoms with Crippen LogP contribution in [0.2, 0.25) is 0 Å². The number of aliphatic hydroxyl groups excluding tert-OH is 1. The molecule has 0 spiro atoms. The van der Waals surface area contributed by atoms with Crippen molar-refractivity contribution in [3.8, 4) is 17.2 Å². The van der Waals surface area contributed by atoms with E-state index >= 15 is 4.39 Å². The third kappa shape index (κ3) is 9.26. The monoisotopic (exact) mass is 705 g/mol. The minimum absolute atomic E-state index is 0.0166. The predicted molar refractivity (Wildman–Crippen MR) is 206 cm³/mol. The van der Waals surface area contributed by atoms with Gasteiger partial charge in [0.15, 0.2) is 17.3 Å². The Labute approximate surface area is 301 Å². The number of carbonyl (C=O) groups is 1. The fraction of sp³-hybridized carbons (Fsp3) is 0.500. The number of benzene rings is 3. The molecule has 1 aromatic heterocycles. The van der Waals surface area contributed by atoms with E-state index in [2.05, 4.69) is 29.4 Å². The Morgan fingerprint density at radius 1 is 1.10 bits per heavy atom. The van der Waals surface area contributed by atoms with Gasteiger partial charge < -0.3 is 39.6 Å². The Hall–Kier alpha value is -4.03. The Morgan fingerprint density at radius 2 is 1.78 bits per heavy atom. The Morgan fingerprint density at radius 3 is 2.39 bits per heavy atom. The van der Waals surface area contributed by atoms with Crippen molar-refractivity contribution >= 4 is 33.3 Å². The quantitative estimate of drug-likeness (QED) is 0.134. The van der Waals surface area contributed by atoms with Crippen LogP contribution in [-0.4, -0.2) is 92.7 Å². The van der Waals surface area contributed by atoms with Crippen LogP contribution in [0.25, 0.3) is 27.4 Å². The van der Waals surface area contributed by atoms with Gasteiger partial charge in [0.1, 0.15) is 16.8 Å². The molecule has 1 saturated heterocycles. The number of amides is 1. The maximum atomic E-state index is 16.0. The van der Waals surface area contributed by atoms with Gasteiger partial charge in [0.25, 0.3) is 5.91 Å². The molecule has 1 amide bonds. The third-order valence-electron chi connectivity index (χ3n) is 9.48. The number of aromatic nitrogens is 1. The van der Waals surface area contributed by atoms with Crippen LogP contribution in [0.5, 0.6) is 11.5 Å². The van der Waals surface area contributed by atoms with Crippen molar-refractivity contribution in [2.24, 2.45) is 0 Å². The minimum Gasteiger partial charge on any atom is -0.451 e. The average molecular weight is 706 g/mol. The van der Waals surface area contributed by atoms with Crippen molar-refractivity contribution in [1.82, 2.24) is 20.1 Å². The molecule has 1 unspecified atom stereocenters. The zero-order valence-electron chi connectivity index (χ0n) is 31.6. The zero-order valence-corrected chi connectivity index (χ0v) is 31.6. The molecule has 1 atom stereocenters. The first-order chi connectivity index (χ1) is 24.5. The van der Waals surface area contributed by atoms with Gasteiger partial charge in [-0.15, -0.1) is 0 Å². The van der Waals surface area contributed by atoms with Gasteiger partial charge in [-0.25, -0.2) is 4.39 Å². The number of rotatable bonds is 11. The number of nitrogens with zero attached hydrogens (tertiary/aromatic N) is 3. The molecule has 11 heteroatoms. The van der Waals surface area contributed by atoms with E-state index in [1.54, 1.807) is 13.3 Å². The van der Waals surface area contributed by atoms with Crippen LogP contribution in [0.3, 0.4) is 0 Å². The smallest absolute Gasteiger partial charge is 0.256 e. The molecule has 0 aliphatic carbocycles. The summed E-state index contributed by atoms with van der Waals surface area (Å²) in [6.45, 7) is 14.6. The first-order valence-electron chi connectivity index (χ1n) is 18.0. The average Bonchev–Trinajstić information content (AvgIpc) is 3.60. The van der Waals surface area contributed by atoms with E-state index in [1.165, 1.54) is 12.5 Å². The lowest BCUT2D eigenvalue weighted by Crippen LogP contribution is -2.37. The molecule has 0 radical (unpaired) electrons. The number of ether oxygens (including phenoxy) is 2. The van der Waals surface area contributed by atoms with Crippen molar-refractivity contribution in [2.45, 2.75) is 71.9 Å². The van der Waals surface area contributed by atoms with Crippen LogP contribution < -0.4 is 25.7 Å². The second kappa shape index (κ2) is 17.9. The highest BCUT2D eigenvalue weighted by Crippen LogP contribution is 2.48. The molecular formula is C40H56FN5O5. The summed E-state index contributed by atoms with van der Waals surface area (Å²) in [5.41, 5.74) is 1.04. The Bertz CT molecular complexity index is 1850. The highest BCUT2D eigenvalue weighted by atomic mass is 19.1. The van der Waals surface area contributed by atoms with Gasteiger partial charge in [-0.3, -0.25) is 9.59 Å². The van der Waals surface area contributed by atoms with Crippen molar-refractivity contribution in [3.05, 3.63) is 70.3 Å². The molecule has 3 aromatic carbocycles. The summed E-state index contributed by atoms with van der Waals surface area (Å²) in [6, 6.07) is 13.4. The first kappa shape index (κ1) is 39.8. The molecular weight excluding hydrogens is 649 g/mol. The van der Waals surface area contributed by atoms with Gasteiger partial charge in [0.2, 0.25) is 5.43 Å². The van der Waals surface area contributed by atoms with Gasteiger partial charge in [0, 0.05) is 52.6 Å². The number of pyridine rings is 1. The largest absolute Gasteiger partial charge is 0.451 e. The maximum Gasteiger partial charge on any atom is 0.256 e. The van der Waals surface area contributed by atoms with E-state index in [-0.39, 0.29) is 22.6 Å². The number of methoxy groups -OCH3 is 1. The van der Waals surface area contributed by atoms with E-state index in [9.17, 15) is 9.59 Å². The van der Waals surface area contributed by atoms with E-state index in [0.717, 1.165) is 50.2 Å². The summed E-state index contributed by atoms with van der Waals surface area (Å²) in [5, 5.41) is 15.3. The molecule has 3 N–H and O–H groups in total. The van der Waals surface area contributed by atoms with Crippen molar-refractivity contribution < 1.29 is 23.8 Å². The second-order valence-electron chi connectivity index (χ2n) is 13.9. The SMILES string of the molecule is CCCCCN(CC)CCNC(=O)c1cn2c3c(c(N4CCC(NC)C4)c(F)cc3c1=O)Oc1cc3ccccc3cc1-2.CO.COC(C)(C)C. The molecule has 0 bridgehead atoms. The number of nitrogens with one attached hydrogen (secondary N) is 2. The summed E-state index contributed by atoms with van der Waals surface area (Å²) in [7, 11) is 4.61. The van der Waals surface area contributed by atoms with Gasteiger partial charge in [-0.05, 0) is 82.7 Å². The molecule has 278 valence electrons. The fourth-order valence-electron chi connectivity index (χ4n) is 6.38. The van der Waals surface area contributed by atoms with Gasteiger partial charge in [0.05, 0.1) is 16.7 Å². The van der Waals surface area contributed by atoms with Crippen LogP contribution in [0.1, 0.15) is 70.7 Å². The molecule has 10 nitrogen and oxygen atoms in total. The maximum absolute atomic E-state index is 16.0. The summed E-state index contributed by atoms with van der Waals surface area (Å²) in [6.07, 6.45) is 5.92. The van der Waals surface area contributed by atoms with Gasteiger partial charge in [-0.2, -0.15) is 0 Å². The molecule has 51 heavy (non-hydrogen) atoms. The number of carbonyl (C=O) groups excluding carboxylic acids is 1. The number of anilines is 1. The fourth-order valence-corrected chi connectivity index (χ4v) is 6.38. The van der Waals surface area contributed by atoms with Gasteiger partial charge in [-0.1, -0.05) is 51.0 Å². The predicted octanol–water partition coefficient (Wildman–Crippen LogP) is 6.47. The second-order valence-corrected chi connectivity index (χ2v) is 13.9. The lowest BCUT2D eigenvalue weighted by atomic mass is 10.0. The number of fused-ring (bicyclic) bond motifs is 3. The highest BCUT2D eigenvalue weighted by molar-refractivity contribution is 6.02. The summed E-state index contributed by atoms with van der Waals surface area (Å²) >= 11 is 0. The number of aliphatic hydroxyl groups is 1. The summed E-state index contributed by atoms with van der Waals surface area (Å²) in [4.78, 5) is 31.6. The van der Waals surface area contributed by atoms with E-state index in [0.29, 0.717) is 54.6 Å². The molecule has 2 aliphatic rings. The van der Waals surface area contributed by atoms with Crippen LogP contribution in [0, 0.1) is 5.82 Å². The van der Waals surface area contributed by atoms with Crippen LogP contribution in [0.4, 0.5) is 10.1 Å². The number of unbranched alkanes of at least 4 members (excludes halogenated alkanes) is 2. The number of hydrogen-bond acceptors (Lipinski definition) is 8. The summed E-state index contributed by atoms with van der Waals surface area (Å²) in [5.74, 6) is -0.138. The van der Waals surface area contributed by atoms with Crippen LogP contribution in [-0.2, 0) is 4.74 Å². The third-order valence-corrected chi connectivity index (χ3v) is 9.48. The number of hydrogen-bond donors (Lipinski definition) is 3. The van der Waals surface area contributed by atoms with Gasteiger partial charge >= 0.3 is 0 Å². The first-order valence-corrected chi connectivity index (χ1v) is 18.0. The zero-order chi connectivity index (χ0) is 37.3. The van der Waals surface area contributed by atoms with Crippen LogP contribution >= 0.6 is 0 Å². The van der Waals surface area contributed by atoms with Crippen molar-refractivity contribution in [1.29, 1.82) is 0 Å². The lowest BCUT2D eigenvalue weighted by Gasteiger charge is -2.29. The Kier molecular flexibility index (Phi) is 14.0. The van der Waals surface area contributed by atoms with Crippen molar-refractivity contribution in [2.75, 3.05) is 65.4 Å². The van der Waals surface area contributed by atoms with E-state index < -0.39 is 17.2 Å². The molecule has 0 saturated carbocycles. The normalized spacial score (nSPS) is 14.8. The number of likely N-dealkylation sites (N-methyl/N-ethyl adjacent to an activating group) is 2. The molecule has 2 aliphatic heterocycles. The molecule has 3 heterocycles. The van der Waals surface area contributed by atoms with E-state index in [4.69, 9.17) is 14.6 Å². The molecule has 6 rings (SSSR count). The highest BCUT2D eigenvalue weighted by Gasteiger charge is 2.33. The Balaban J connectivity index is 0.000000662. The molecule has 1 fully saturated rings. The lowest BCUT2D eigenvalue weighted by molar-refractivity contribution is 0.0397. The van der Waals surface area contributed by atoms with Crippen LogP contribution in [0.15, 0.2) is 53.5 Å². The number of halogens is 1. The van der Waals surface area contributed by atoms with Crippen molar-refractivity contribution in [3.63, 3.8) is 0 Å².